The fourth-order valence-electron chi connectivity index (χ4n) is 2.10. The molecule has 6 heteroatoms. The van der Waals surface area contributed by atoms with Crippen molar-refractivity contribution in [3.8, 4) is 17.3 Å². The number of benzene rings is 1. The Hall–Kier alpha value is -2.32. The predicted molar refractivity (Wildman–Crippen MR) is 86.7 cm³/mol. The second-order valence-electron chi connectivity index (χ2n) is 5.95. The first-order chi connectivity index (χ1) is 10.2. The van der Waals surface area contributed by atoms with Crippen molar-refractivity contribution in [2.75, 3.05) is 5.32 Å². The van der Waals surface area contributed by atoms with Crippen LogP contribution in [-0.4, -0.2) is 15.7 Å². The molecular formula is C16H17ClN4O. The molecule has 1 N–H and O–H groups in total. The maximum absolute atomic E-state index is 11.5. The van der Waals surface area contributed by atoms with Crippen LogP contribution in [0.2, 0.25) is 5.02 Å². The standard InChI is InChI=1S/C16H17ClN4O/c1-10(22)19-15-13(9-18)14(20-21(15)16(2,3)4)11-5-7-12(17)8-6-11/h5-8H,1-4H3,(H,19,22). The van der Waals surface area contributed by atoms with E-state index in [0.29, 0.717) is 22.1 Å². The van der Waals surface area contributed by atoms with Gasteiger partial charge in [0.2, 0.25) is 5.91 Å². The summed E-state index contributed by atoms with van der Waals surface area (Å²) >= 11 is 5.90. The molecule has 0 aliphatic rings. The van der Waals surface area contributed by atoms with Crippen LogP contribution in [0.3, 0.4) is 0 Å². The molecule has 0 atom stereocenters. The van der Waals surface area contributed by atoms with E-state index in [1.807, 2.05) is 20.8 Å². The van der Waals surface area contributed by atoms with E-state index in [2.05, 4.69) is 16.5 Å². The maximum atomic E-state index is 11.5. The summed E-state index contributed by atoms with van der Waals surface area (Å²) in [6.45, 7) is 7.28. The molecule has 1 aromatic carbocycles. The summed E-state index contributed by atoms with van der Waals surface area (Å²) in [7, 11) is 0. The zero-order valence-electron chi connectivity index (χ0n) is 12.9. The first-order valence-electron chi connectivity index (χ1n) is 6.81. The second kappa shape index (κ2) is 5.82. The van der Waals surface area contributed by atoms with Gasteiger partial charge in [-0.3, -0.25) is 4.79 Å². The maximum Gasteiger partial charge on any atom is 0.222 e. The van der Waals surface area contributed by atoms with Gasteiger partial charge in [0.1, 0.15) is 23.1 Å². The lowest BCUT2D eigenvalue weighted by Gasteiger charge is -2.22. The molecule has 2 aromatic rings. The lowest BCUT2D eigenvalue weighted by Crippen LogP contribution is -2.26. The number of halogens is 1. The minimum atomic E-state index is -0.381. The van der Waals surface area contributed by atoms with Crippen LogP contribution in [0.15, 0.2) is 24.3 Å². The third-order valence-corrected chi connectivity index (χ3v) is 3.30. The van der Waals surface area contributed by atoms with Crippen LogP contribution in [0.25, 0.3) is 11.3 Å². The first kappa shape index (κ1) is 16.1. The van der Waals surface area contributed by atoms with Gasteiger partial charge in [-0.05, 0) is 32.9 Å². The summed E-state index contributed by atoms with van der Waals surface area (Å²) in [5, 5.41) is 17.4. The van der Waals surface area contributed by atoms with Crippen molar-refractivity contribution in [3.05, 3.63) is 34.9 Å². The largest absolute Gasteiger partial charge is 0.310 e. The topological polar surface area (TPSA) is 70.7 Å². The minimum absolute atomic E-state index is 0.246. The molecule has 1 aromatic heterocycles. The number of nitriles is 1. The Balaban J connectivity index is 2.70. The van der Waals surface area contributed by atoms with E-state index >= 15 is 0 Å². The molecule has 0 saturated carbocycles. The Morgan fingerprint density at radius 1 is 1.32 bits per heavy atom. The lowest BCUT2D eigenvalue weighted by molar-refractivity contribution is -0.114. The average molecular weight is 317 g/mol. The third kappa shape index (κ3) is 3.12. The van der Waals surface area contributed by atoms with E-state index in [1.54, 1.807) is 28.9 Å². The number of hydrogen-bond donors (Lipinski definition) is 1. The fourth-order valence-corrected chi connectivity index (χ4v) is 2.23. The van der Waals surface area contributed by atoms with E-state index in [1.165, 1.54) is 6.92 Å². The van der Waals surface area contributed by atoms with E-state index in [0.717, 1.165) is 5.56 Å². The van der Waals surface area contributed by atoms with Gasteiger partial charge in [0.15, 0.2) is 0 Å². The molecule has 1 amide bonds. The van der Waals surface area contributed by atoms with Gasteiger partial charge in [0.25, 0.3) is 0 Å². The predicted octanol–water partition coefficient (Wildman–Crippen LogP) is 3.79. The molecular weight excluding hydrogens is 300 g/mol. The average Bonchev–Trinajstić information content (AvgIpc) is 2.77. The number of carbonyl (C=O) groups is 1. The van der Waals surface area contributed by atoms with E-state index in [9.17, 15) is 10.1 Å². The highest BCUT2D eigenvalue weighted by Crippen LogP contribution is 2.32. The molecule has 0 bridgehead atoms. The summed E-state index contributed by atoms with van der Waals surface area (Å²) in [5.41, 5.74) is 1.26. The number of anilines is 1. The molecule has 0 fully saturated rings. The molecule has 0 spiro atoms. The smallest absolute Gasteiger partial charge is 0.222 e. The van der Waals surface area contributed by atoms with Crippen LogP contribution in [-0.2, 0) is 10.3 Å². The number of amides is 1. The van der Waals surface area contributed by atoms with Crippen molar-refractivity contribution in [3.63, 3.8) is 0 Å². The number of hydrogen-bond acceptors (Lipinski definition) is 3. The first-order valence-corrected chi connectivity index (χ1v) is 7.19. The number of carbonyl (C=O) groups excluding carboxylic acids is 1. The normalized spacial score (nSPS) is 11.1. The van der Waals surface area contributed by atoms with Gasteiger partial charge in [0.05, 0.1) is 5.54 Å². The summed E-state index contributed by atoms with van der Waals surface area (Å²) < 4.78 is 1.66. The second-order valence-corrected chi connectivity index (χ2v) is 6.39. The molecule has 0 unspecified atom stereocenters. The number of nitrogens with zero attached hydrogens (tertiary/aromatic N) is 3. The molecule has 0 aliphatic heterocycles. The molecule has 0 saturated heterocycles. The van der Waals surface area contributed by atoms with Crippen LogP contribution in [0.4, 0.5) is 5.82 Å². The van der Waals surface area contributed by atoms with Gasteiger partial charge in [-0.1, -0.05) is 23.7 Å². The highest BCUT2D eigenvalue weighted by Gasteiger charge is 2.26. The van der Waals surface area contributed by atoms with E-state index in [4.69, 9.17) is 11.6 Å². The molecule has 0 aliphatic carbocycles. The number of aromatic nitrogens is 2. The van der Waals surface area contributed by atoms with Crippen LogP contribution >= 0.6 is 11.6 Å². The lowest BCUT2D eigenvalue weighted by atomic mass is 10.1. The zero-order valence-corrected chi connectivity index (χ0v) is 13.7. The van der Waals surface area contributed by atoms with Crippen molar-refractivity contribution < 1.29 is 4.79 Å². The van der Waals surface area contributed by atoms with E-state index in [-0.39, 0.29) is 11.4 Å². The Morgan fingerprint density at radius 2 is 1.91 bits per heavy atom. The Bertz CT molecular complexity index is 748. The molecule has 0 radical (unpaired) electrons. The van der Waals surface area contributed by atoms with Gasteiger partial charge in [-0.15, -0.1) is 0 Å². The van der Waals surface area contributed by atoms with Crippen molar-refractivity contribution in [2.45, 2.75) is 33.2 Å². The van der Waals surface area contributed by atoms with Crippen LogP contribution < -0.4 is 5.32 Å². The number of nitrogens with one attached hydrogen (secondary N) is 1. The highest BCUT2D eigenvalue weighted by atomic mass is 35.5. The fraction of sp³-hybridized carbons (Fsp3) is 0.312. The molecule has 5 nitrogen and oxygen atoms in total. The van der Waals surface area contributed by atoms with Gasteiger partial charge in [0, 0.05) is 17.5 Å². The summed E-state index contributed by atoms with van der Waals surface area (Å²) in [4.78, 5) is 11.5. The SMILES string of the molecule is CC(=O)Nc1c(C#N)c(-c2ccc(Cl)cc2)nn1C(C)(C)C. The molecule has 1 heterocycles. The monoisotopic (exact) mass is 316 g/mol. The third-order valence-electron chi connectivity index (χ3n) is 3.04. The quantitative estimate of drug-likeness (QED) is 0.916. The molecule has 22 heavy (non-hydrogen) atoms. The summed E-state index contributed by atoms with van der Waals surface area (Å²) in [6, 6.07) is 9.23. The van der Waals surface area contributed by atoms with Gasteiger partial charge in [-0.2, -0.15) is 10.4 Å². The Morgan fingerprint density at radius 3 is 2.36 bits per heavy atom. The molecule has 2 rings (SSSR count). The summed E-state index contributed by atoms with van der Waals surface area (Å²) in [5.74, 6) is 0.164. The van der Waals surface area contributed by atoms with Crippen LogP contribution in [0, 0.1) is 11.3 Å². The van der Waals surface area contributed by atoms with Crippen molar-refractivity contribution in [2.24, 2.45) is 0 Å². The Kier molecular flexibility index (Phi) is 4.25. The van der Waals surface area contributed by atoms with Crippen molar-refractivity contribution >= 4 is 23.3 Å². The van der Waals surface area contributed by atoms with Crippen molar-refractivity contribution in [1.29, 1.82) is 5.26 Å². The van der Waals surface area contributed by atoms with Crippen molar-refractivity contribution in [1.82, 2.24) is 9.78 Å². The van der Waals surface area contributed by atoms with Gasteiger partial charge in [-0.25, -0.2) is 4.68 Å². The zero-order chi connectivity index (χ0) is 16.5. The van der Waals surface area contributed by atoms with Crippen LogP contribution in [0.5, 0.6) is 0 Å². The van der Waals surface area contributed by atoms with Gasteiger partial charge >= 0.3 is 0 Å². The highest BCUT2D eigenvalue weighted by molar-refractivity contribution is 6.30. The minimum Gasteiger partial charge on any atom is -0.310 e. The van der Waals surface area contributed by atoms with Crippen LogP contribution in [0.1, 0.15) is 33.3 Å². The Labute approximate surface area is 134 Å². The summed E-state index contributed by atoms with van der Waals surface area (Å²) in [6.07, 6.45) is 0. The molecule has 114 valence electrons. The van der Waals surface area contributed by atoms with E-state index < -0.39 is 0 Å². The number of rotatable bonds is 2. The van der Waals surface area contributed by atoms with Gasteiger partial charge < -0.3 is 5.32 Å².